The molecule has 0 fully saturated rings. The number of carbonyl (C=O) groups excluding carboxylic acids is 1. The highest BCUT2D eigenvalue weighted by molar-refractivity contribution is 6.35. The van der Waals surface area contributed by atoms with Crippen molar-refractivity contribution in [3.63, 3.8) is 0 Å². The molecule has 0 aliphatic carbocycles. The van der Waals surface area contributed by atoms with Crippen molar-refractivity contribution in [3.8, 4) is 11.1 Å². The van der Waals surface area contributed by atoms with Crippen LogP contribution < -0.4 is 0 Å². The largest absolute Gasteiger partial charge is 0.449 e. The number of para-hydroxylation sites is 1. The van der Waals surface area contributed by atoms with Crippen LogP contribution in [-0.2, 0) is 4.74 Å². The van der Waals surface area contributed by atoms with Gasteiger partial charge in [0.05, 0.1) is 22.1 Å². The van der Waals surface area contributed by atoms with Crippen molar-refractivity contribution in [2.45, 2.75) is 6.92 Å². The number of rotatable bonds is 3. The zero-order valence-corrected chi connectivity index (χ0v) is 12.4. The first-order valence-electron chi connectivity index (χ1n) is 5.93. The summed E-state index contributed by atoms with van der Waals surface area (Å²) in [6.07, 6.45) is 2.09. The molecule has 0 unspecified atom stereocenters. The van der Waals surface area contributed by atoms with Crippen LogP contribution in [0.15, 0.2) is 30.6 Å². The molecule has 0 saturated heterocycles. The number of hydrogen-bond donors (Lipinski definition) is 0. The Bertz CT molecular complexity index is 712. The van der Waals surface area contributed by atoms with Crippen LogP contribution >= 0.6 is 23.2 Å². The van der Waals surface area contributed by atoms with Gasteiger partial charge < -0.3 is 4.74 Å². The molecule has 0 amide bonds. The lowest BCUT2D eigenvalue weighted by Gasteiger charge is -2.03. The first kappa shape index (κ1) is 15.3. The van der Waals surface area contributed by atoms with Gasteiger partial charge in [-0.1, -0.05) is 29.3 Å². The smallest absolute Gasteiger partial charge is 0.418 e. The van der Waals surface area contributed by atoms with Crippen LogP contribution in [0.5, 0.6) is 0 Å². The van der Waals surface area contributed by atoms with Crippen LogP contribution in [0.25, 0.3) is 11.1 Å². The van der Waals surface area contributed by atoms with E-state index in [4.69, 9.17) is 27.9 Å². The summed E-state index contributed by atoms with van der Waals surface area (Å²) in [4.78, 5) is 22.2. The Hall–Kier alpha value is -2.05. The van der Waals surface area contributed by atoms with E-state index in [1.54, 1.807) is 13.0 Å². The molecule has 1 heterocycles. The number of halogens is 2. The third-order valence-corrected chi connectivity index (χ3v) is 3.32. The molecular weight excluding hydrogens is 319 g/mol. The predicted octanol–water partition coefficient (Wildman–Crippen LogP) is 4.37. The molecule has 1 aromatic carbocycles. The second-order valence-electron chi connectivity index (χ2n) is 4.02. The minimum atomic E-state index is -0.615. The molecule has 1 aromatic heterocycles. The first-order valence-corrected chi connectivity index (χ1v) is 6.69. The second kappa shape index (κ2) is 6.15. The number of benzene rings is 1. The number of aromatic nitrogens is 1. The van der Waals surface area contributed by atoms with Crippen LogP contribution in [0.4, 0.5) is 10.5 Å². The Labute approximate surface area is 130 Å². The highest BCUT2D eigenvalue weighted by Crippen LogP contribution is 2.39. The van der Waals surface area contributed by atoms with Crippen LogP contribution in [0.1, 0.15) is 6.92 Å². The van der Waals surface area contributed by atoms with Crippen molar-refractivity contribution < 1.29 is 14.5 Å². The van der Waals surface area contributed by atoms with E-state index in [1.807, 2.05) is 0 Å². The minimum absolute atomic E-state index is 0.00236. The zero-order chi connectivity index (χ0) is 15.6. The number of nitro benzene ring substituents is 1. The molecule has 21 heavy (non-hydrogen) atoms. The van der Waals surface area contributed by atoms with E-state index in [0.717, 1.165) is 4.57 Å². The van der Waals surface area contributed by atoms with Crippen molar-refractivity contribution in [3.05, 3.63) is 50.8 Å². The lowest BCUT2D eigenvalue weighted by molar-refractivity contribution is -0.384. The van der Waals surface area contributed by atoms with Gasteiger partial charge in [0.1, 0.15) is 5.02 Å². The van der Waals surface area contributed by atoms with E-state index < -0.39 is 11.0 Å². The summed E-state index contributed by atoms with van der Waals surface area (Å²) in [5.74, 6) is 0. The van der Waals surface area contributed by atoms with E-state index in [2.05, 4.69) is 0 Å². The van der Waals surface area contributed by atoms with Crippen molar-refractivity contribution in [1.82, 2.24) is 4.57 Å². The molecule has 0 aliphatic heterocycles. The SMILES string of the molecule is CCOC(=O)n1cc(Cl)c(-c2cccc(Cl)c2[N+](=O)[O-])c1. The van der Waals surface area contributed by atoms with Gasteiger partial charge in [-0.2, -0.15) is 0 Å². The van der Waals surface area contributed by atoms with E-state index in [0.29, 0.717) is 5.56 Å². The number of hydrogen-bond acceptors (Lipinski definition) is 4. The maximum atomic E-state index is 11.6. The third-order valence-electron chi connectivity index (χ3n) is 2.72. The minimum Gasteiger partial charge on any atom is -0.449 e. The van der Waals surface area contributed by atoms with Gasteiger partial charge in [0.2, 0.25) is 0 Å². The number of carbonyl (C=O) groups is 1. The summed E-state index contributed by atoms with van der Waals surface area (Å²) in [6.45, 7) is 1.88. The fourth-order valence-electron chi connectivity index (χ4n) is 1.85. The van der Waals surface area contributed by atoms with Crippen molar-refractivity contribution in [1.29, 1.82) is 0 Å². The topological polar surface area (TPSA) is 74.4 Å². The summed E-state index contributed by atoms with van der Waals surface area (Å²) >= 11 is 11.9. The highest BCUT2D eigenvalue weighted by atomic mass is 35.5. The highest BCUT2D eigenvalue weighted by Gasteiger charge is 2.23. The fourth-order valence-corrected chi connectivity index (χ4v) is 2.35. The Morgan fingerprint density at radius 3 is 2.62 bits per heavy atom. The molecule has 2 rings (SSSR count). The zero-order valence-electron chi connectivity index (χ0n) is 10.9. The fraction of sp³-hybridized carbons (Fsp3) is 0.154. The summed E-state index contributed by atoms with van der Waals surface area (Å²) in [5, 5.41) is 11.3. The molecule has 8 heteroatoms. The standard InChI is InChI=1S/C13H10Cl2N2O4/c1-2-21-13(18)16-6-9(11(15)7-16)8-4-3-5-10(14)12(8)17(19)20/h3-7H,2H2,1H3. The van der Waals surface area contributed by atoms with Crippen LogP contribution in [-0.4, -0.2) is 22.2 Å². The molecule has 0 atom stereocenters. The van der Waals surface area contributed by atoms with Gasteiger partial charge in [-0.3, -0.25) is 14.7 Å². The van der Waals surface area contributed by atoms with E-state index in [9.17, 15) is 14.9 Å². The number of ether oxygens (including phenoxy) is 1. The Morgan fingerprint density at radius 1 is 1.29 bits per heavy atom. The van der Waals surface area contributed by atoms with Gasteiger partial charge in [0.25, 0.3) is 5.69 Å². The first-order chi connectivity index (χ1) is 9.95. The summed E-state index contributed by atoms with van der Waals surface area (Å²) in [5.41, 5.74) is 0.308. The molecule has 0 aliphatic rings. The monoisotopic (exact) mass is 328 g/mol. The average Bonchev–Trinajstić information content (AvgIpc) is 2.80. The average molecular weight is 329 g/mol. The van der Waals surface area contributed by atoms with Gasteiger partial charge >= 0.3 is 6.09 Å². The van der Waals surface area contributed by atoms with Gasteiger partial charge in [-0.15, -0.1) is 0 Å². The maximum absolute atomic E-state index is 11.6. The maximum Gasteiger partial charge on any atom is 0.418 e. The van der Waals surface area contributed by atoms with Gasteiger partial charge in [0, 0.05) is 18.0 Å². The van der Waals surface area contributed by atoms with Crippen LogP contribution in [0, 0.1) is 10.1 Å². The van der Waals surface area contributed by atoms with E-state index in [1.165, 1.54) is 24.5 Å². The lowest BCUT2D eigenvalue weighted by Crippen LogP contribution is -2.10. The quantitative estimate of drug-likeness (QED) is 0.619. The summed E-state index contributed by atoms with van der Waals surface area (Å²) in [6, 6.07) is 4.50. The second-order valence-corrected chi connectivity index (χ2v) is 4.83. The molecular formula is C13H10Cl2N2O4. The van der Waals surface area contributed by atoms with Crippen LogP contribution in [0.2, 0.25) is 10.0 Å². The lowest BCUT2D eigenvalue weighted by atomic mass is 10.1. The number of nitro groups is 1. The van der Waals surface area contributed by atoms with E-state index in [-0.39, 0.29) is 27.9 Å². The molecule has 0 radical (unpaired) electrons. The normalized spacial score (nSPS) is 10.4. The molecule has 0 spiro atoms. The third kappa shape index (κ3) is 3.01. The molecule has 0 bridgehead atoms. The molecule has 110 valence electrons. The molecule has 2 aromatic rings. The predicted molar refractivity (Wildman–Crippen MR) is 79.0 cm³/mol. The van der Waals surface area contributed by atoms with Gasteiger partial charge in [-0.05, 0) is 19.1 Å². The summed E-state index contributed by atoms with van der Waals surface area (Å²) < 4.78 is 5.97. The van der Waals surface area contributed by atoms with Gasteiger partial charge in [0.15, 0.2) is 0 Å². The van der Waals surface area contributed by atoms with Crippen molar-refractivity contribution in [2.75, 3.05) is 6.61 Å². The molecule has 0 N–H and O–H groups in total. The molecule has 6 nitrogen and oxygen atoms in total. The Balaban J connectivity index is 2.56. The number of nitrogens with zero attached hydrogens (tertiary/aromatic N) is 2. The Kier molecular flexibility index (Phi) is 4.50. The van der Waals surface area contributed by atoms with Crippen molar-refractivity contribution >= 4 is 35.0 Å². The van der Waals surface area contributed by atoms with Crippen LogP contribution in [0.3, 0.4) is 0 Å². The van der Waals surface area contributed by atoms with Gasteiger partial charge in [-0.25, -0.2) is 4.79 Å². The van der Waals surface area contributed by atoms with E-state index >= 15 is 0 Å². The summed E-state index contributed by atoms with van der Waals surface area (Å²) in [7, 11) is 0. The molecule has 0 saturated carbocycles. The van der Waals surface area contributed by atoms with Crippen molar-refractivity contribution in [2.24, 2.45) is 0 Å². The Morgan fingerprint density at radius 2 is 2.00 bits per heavy atom.